The third-order valence-electron chi connectivity index (χ3n) is 12.9. The van der Waals surface area contributed by atoms with Gasteiger partial charge in [-0.15, -0.1) is 0 Å². The Kier molecular flexibility index (Phi) is 10.5. The Morgan fingerprint density at radius 1 is 0.690 bits per heavy atom. The molecular weight excluding hydrogens is 737 g/mol. The van der Waals surface area contributed by atoms with Crippen molar-refractivity contribution in [3.05, 3.63) is 71.6 Å². The van der Waals surface area contributed by atoms with Gasteiger partial charge in [-0.05, 0) is 95.9 Å². The van der Waals surface area contributed by atoms with Gasteiger partial charge >= 0.3 is 12.2 Å². The van der Waals surface area contributed by atoms with Gasteiger partial charge in [-0.3, -0.25) is 9.59 Å². The zero-order valence-corrected chi connectivity index (χ0v) is 34.2. The maximum atomic E-state index is 13.7. The molecule has 14 nitrogen and oxygen atoms in total. The molecule has 3 fully saturated rings. The number of imidazole rings is 2. The molecule has 4 amide bonds. The van der Waals surface area contributed by atoms with E-state index in [1.807, 2.05) is 49.9 Å². The van der Waals surface area contributed by atoms with Gasteiger partial charge in [0.25, 0.3) is 0 Å². The van der Waals surface area contributed by atoms with Gasteiger partial charge in [-0.1, -0.05) is 58.4 Å². The number of nitrogens with one attached hydrogen (secondary N) is 4. The summed E-state index contributed by atoms with van der Waals surface area (Å²) < 4.78 is 9.59. The predicted octanol–water partition coefficient (Wildman–Crippen LogP) is 7.01. The van der Waals surface area contributed by atoms with Crippen LogP contribution in [0.2, 0.25) is 0 Å². The number of amides is 4. The third-order valence-corrected chi connectivity index (χ3v) is 12.9. The first-order chi connectivity index (χ1) is 27.9. The van der Waals surface area contributed by atoms with E-state index in [0.29, 0.717) is 13.1 Å². The van der Waals surface area contributed by atoms with Crippen LogP contribution in [0.3, 0.4) is 0 Å². The van der Waals surface area contributed by atoms with Gasteiger partial charge in [0.15, 0.2) is 0 Å². The smallest absolute Gasteiger partial charge is 0.407 e. The number of nitrogens with zero attached hydrogens (tertiary/aromatic N) is 4. The van der Waals surface area contributed by atoms with Crippen molar-refractivity contribution in [1.82, 2.24) is 40.4 Å². The first-order valence-corrected chi connectivity index (χ1v) is 20.6. The van der Waals surface area contributed by atoms with Crippen LogP contribution < -0.4 is 10.6 Å². The van der Waals surface area contributed by atoms with Gasteiger partial charge in [0, 0.05) is 18.5 Å². The lowest BCUT2D eigenvalue weighted by Crippen LogP contribution is -2.51. The molecule has 1 saturated carbocycles. The molecule has 4 aromatic rings. The number of carbonyl (C=O) groups excluding carboxylic acids is 4. The molecule has 4 aliphatic rings. The van der Waals surface area contributed by atoms with Crippen molar-refractivity contribution in [2.24, 2.45) is 11.8 Å². The molecule has 2 aliphatic carbocycles. The molecule has 8 rings (SSSR count). The topological polar surface area (TPSA) is 175 Å². The summed E-state index contributed by atoms with van der Waals surface area (Å²) in [6, 6.07) is 11.6. The summed E-state index contributed by atoms with van der Waals surface area (Å²) in [6.45, 7) is 8.85. The highest BCUT2D eigenvalue weighted by Gasteiger charge is 2.48. The molecule has 2 aromatic heterocycles. The Balaban J connectivity index is 1.02. The van der Waals surface area contributed by atoms with Crippen LogP contribution in [0.4, 0.5) is 9.59 Å². The number of aromatic amines is 2. The highest BCUT2D eigenvalue weighted by molar-refractivity contribution is 5.88. The van der Waals surface area contributed by atoms with Crippen molar-refractivity contribution in [3.63, 3.8) is 0 Å². The summed E-state index contributed by atoms with van der Waals surface area (Å²) in [5.41, 5.74) is 8.99. The number of methoxy groups -OCH3 is 2. The Bertz CT molecular complexity index is 2070. The summed E-state index contributed by atoms with van der Waals surface area (Å²) >= 11 is 0. The van der Waals surface area contributed by atoms with Crippen LogP contribution in [0.15, 0.2) is 48.8 Å². The zero-order chi connectivity index (χ0) is 40.9. The molecule has 2 saturated heterocycles. The van der Waals surface area contributed by atoms with E-state index in [4.69, 9.17) is 19.4 Å². The number of hydrogen-bond acceptors (Lipinski definition) is 8. The van der Waals surface area contributed by atoms with Gasteiger partial charge in [0.05, 0.1) is 50.1 Å². The van der Waals surface area contributed by atoms with Crippen LogP contribution >= 0.6 is 0 Å². The number of carbonyl (C=O) groups is 4. The van der Waals surface area contributed by atoms with Gasteiger partial charge in [-0.2, -0.15) is 0 Å². The summed E-state index contributed by atoms with van der Waals surface area (Å²) in [5, 5.41) is 5.45. The number of hydrogen-bond donors (Lipinski definition) is 4. The molecule has 2 aliphatic heterocycles. The van der Waals surface area contributed by atoms with Crippen LogP contribution in [0.25, 0.3) is 33.6 Å². The lowest BCUT2D eigenvalue weighted by Gasteiger charge is -2.41. The maximum absolute atomic E-state index is 13.7. The standard InChI is InChI=1S/C44H54N8O6/c1-24(2)36(49-42(55)57-5)40(53)51-18-7-10-34(51)38-45-22-32(47-38)26-12-14-28-29-15-13-27(21-31(29)44(16-9-17-44)30(28)20-26)33-23-46-39(48-33)35-11-8-19-52(35)41(54)37(25(3)4)50-43(56)58-6/h12-15,20-25,34-37H,7-11,16-19H2,1-6H3,(H,45,47)(H,46,48)(H,49,55)(H,50,56)/t34-,35?,36+,37-/m0/s1. The Morgan fingerprint density at radius 3 is 1.48 bits per heavy atom. The second-order valence-corrected chi connectivity index (χ2v) is 16.9. The summed E-state index contributed by atoms with van der Waals surface area (Å²) in [4.78, 5) is 71.9. The van der Waals surface area contributed by atoms with Gasteiger partial charge < -0.3 is 39.9 Å². The molecule has 4 heterocycles. The molecular formula is C44H54N8O6. The SMILES string of the molecule is COC(=O)N[C@H](C(=O)N1CCCC1c1ncc(-c2ccc3c(c2)C2(CCC2)c2cc(-c4cnc([C@@H]5CCCN5C(=O)[C@H](NC(=O)OC)C(C)C)[nH]4)ccc2-3)[nH]1)C(C)C. The average Bonchev–Trinajstić information content (AvgIpc) is 4.05. The second-order valence-electron chi connectivity index (χ2n) is 16.9. The molecule has 2 aromatic carbocycles. The third kappa shape index (κ3) is 6.79. The van der Waals surface area contributed by atoms with Crippen LogP contribution in [-0.4, -0.2) is 93.1 Å². The minimum atomic E-state index is -0.690. The Morgan fingerprint density at radius 2 is 1.12 bits per heavy atom. The van der Waals surface area contributed by atoms with E-state index in [1.165, 1.54) is 36.5 Å². The minimum Gasteiger partial charge on any atom is -0.453 e. The summed E-state index contributed by atoms with van der Waals surface area (Å²) in [7, 11) is 2.60. The van der Waals surface area contributed by atoms with E-state index in [9.17, 15) is 19.2 Å². The van der Waals surface area contributed by atoms with E-state index < -0.39 is 24.3 Å². The monoisotopic (exact) mass is 790 g/mol. The van der Waals surface area contributed by atoms with Crippen LogP contribution in [0.5, 0.6) is 0 Å². The molecule has 0 bridgehead atoms. The summed E-state index contributed by atoms with van der Waals surface area (Å²) in [6.07, 6.45) is 9.05. The van der Waals surface area contributed by atoms with Gasteiger partial charge in [0.2, 0.25) is 11.8 Å². The molecule has 1 spiro atoms. The predicted molar refractivity (Wildman–Crippen MR) is 217 cm³/mol. The molecule has 1 unspecified atom stereocenters. The fourth-order valence-corrected chi connectivity index (χ4v) is 9.59. The van der Waals surface area contributed by atoms with Crippen LogP contribution in [-0.2, 0) is 24.5 Å². The van der Waals surface area contributed by atoms with E-state index in [0.717, 1.165) is 79.1 Å². The number of H-pyrrole nitrogens is 2. The lowest BCUT2D eigenvalue weighted by atomic mass is 9.62. The van der Waals surface area contributed by atoms with Gasteiger partial charge in [0.1, 0.15) is 23.7 Å². The van der Waals surface area contributed by atoms with Crippen LogP contribution in [0.1, 0.15) is 108 Å². The second kappa shape index (κ2) is 15.6. The average molecular weight is 791 g/mol. The Labute approximate surface area is 338 Å². The normalized spacial score (nSPS) is 20.1. The van der Waals surface area contributed by atoms with E-state index >= 15 is 0 Å². The van der Waals surface area contributed by atoms with Crippen molar-refractivity contribution < 1.29 is 28.7 Å². The number of alkyl carbamates (subject to hydrolysis) is 2. The number of likely N-dealkylation sites (tertiary alicyclic amines) is 2. The highest BCUT2D eigenvalue weighted by Crippen LogP contribution is 2.59. The summed E-state index contributed by atoms with van der Waals surface area (Å²) in [5.74, 6) is 1.02. The van der Waals surface area contributed by atoms with Crippen molar-refractivity contribution in [2.75, 3.05) is 27.3 Å². The minimum absolute atomic E-state index is 0.0806. The largest absolute Gasteiger partial charge is 0.453 e. The van der Waals surface area contributed by atoms with Crippen molar-refractivity contribution in [2.45, 2.75) is 102 Å². The fraction of sp³-hybridized carbons (Fsp3) is 0.500. The van der Waals surface area contributed by atoms with E-state index in [2.05, 4.69) is 57.0 Å². The molecule has 306 valence electrons. The Hall–Kier alpha value is -5.66. The number of rotatable bonds is 10. The fourth-order valence-electron chi connectivity index (χ4n) is 9.59. The first-order valence-electron chi connectivity index (χ1n) is 20.6. The zero-order valence-electron chi connectivity index (χ0n) is 34.2. The number of ether oxygens (including phenoxy) is 2. The van der Waals surface area contributed by atoms with Crippen LogP contribution in [0, 0.1) is 11.8 Å². The quantitative estimate of drug-likeness (QED) is 0.133. The number of aromatic nitrogens is 4. The number of fused-ring (bicyclic) bond motifs is 5. The van der Waals surface area contributed by atoms with Gasteiger partial charge in [-0.25, -0.2) is 19.6 Å². The lowest BCUT2D eigenvalue weighted by molar-refractivity contribution is -0.136. The van der Waals surface area contributed by atoms with Crippen molar-refractivity contribution in [3.8, 4) is 33.6 Å². The molecule has 14 heteroatoms. The first kappa shape index (κ1) is 39.2. The van der Waals surface area contributed by atoms with E-state index in [-0.39, 0.29) is 41.1 Å². The molecule has 4 atom stereocenters. The number of benzene rings is 2. The molecule has 0 radical (unpaired) electrons. The van der Waals surface area contributed by atoms with Crippen molar-refractivity contribution in [1.29, 1.82) is 0 Å². The molecule has 4 N–H and O–H groups in total. The molecule has 58 heavy (non-hydrogen) atoms. The maximum Gasteiger partial charge on any atom is 0.407 e. The highest BCUT2D eigenvalue weighted by atomic mass is 16.5. The van der Waals surface area contributed by atoms with E-state index in [1.54, 1.807) is 0 Å². The van der Waals surface area contributed by atoms with Crippen molar-refractivity contribution >= 4 is 24.0 Å².